The number of carbonyl (C=O) groups excluding carboxylic acids is 1. The number of nitrogens with one attached hydrogen (secondary N) is 2. The van der Waals surface area contributed by atoms with Crippen LogP contribution in [0.25, 0.3) is 11.2 Å². The third-order valence-corrected chi connectivity index (χ3v) is 4.25. The van der Waals surface area contributed by atoms with E-state index in [4.69, 9.17) is 11.6 Å². The highest BCUT2D eigenvalue weighted by Gasteiger charge is 2.35. The molecule has 0 spiro atoms. The number of hydrogen-bond acceptors (Lipinski definition) is 4. The molecule has 3 rings (SSSR count). The van der Waals surface area contributed by atoms with Gasteiger partial charge in [0.15, 0.2) is 10.8 Å². The van der Waals surface area contributed by atoms with Gasteiger partial charge in [-0.2, -0.15) is 9.97 Å². The number of halogens is 1. The number of imidazole rings is 1. The summed E-state index contributed by atoms with van der Waals surface area (Å²) in [5.74, 6) is 0.176. The maximum atomic E-state index is 12.4. The monoisotopic (exact) mass is 293 g/mol. The number of fused-ring (bicyclic) bond motifs is 1. The average Bonchev–Trinajstić information content (AvgIpc) is 2.88. The molecule has 6 nitrogen and oxygen atoms in total. The lowest BCUT2D eigenvalue weighted by atomic mass is 9.75. The van der Waals surface area contributed by atoms with Crippen molar-refractivity contribution in [3.63, 3.8) is 0 Å². The van der Waals surface area contributed by atoms with Gasteiger partial charge in [0.25, 0.3) is 0 Å². The van der Waals surface area contributed by atoms with Gasteiger partial charge in [0.05, 0.1) is 6.33 Å². The molecule has 7 heteroatoms. The predicted octanol–water partition coefficient (Wildman–Crippen LogP) is 2.92. The minimum atomic E-state index is -0.339. The molecule has 1 aliphatic carbocycles. The number of nitrogens with zero attached hydrogens (tertiary/aromatic N) is 3. The first kappa shape index (κ1) is 13.3. The Hall–Kier alpha value is -1.69. The van der Waals surface area contributed by atoms with Gasteiger partial charge in [-0.3, -0.25) is 10.1 Å². The zero-order valence-corrected chi connectivity index (χ0v) is 12.0. The van der Waals surface area contributed by atoms with E-state index in [1.165, 1.54) is 12.7 Å². The first-order valence-corrected chi connectivity index (χ1v) is 7.14. The first-order chi connectivity index (χ1) is 9.58. The van der Waals surface area contributed by atoms with Crippen LogP contribution in [0.2, 0.25) is 5.15 Å². The van der Waals surface area contributed by atoms with Gasteiger partial charge in [-0.25, -0.2) is 4.98 Å². The highest BCUT2D eigenvalue weighted by molar-refractivity contribution is 6.33. The van der Waals surface area contributed by atoms with Crippen LogP contribution in [0, 0.1) is 5.41 Å². The molecule has 0 aliphatic heterocycles. The highest BCUT2D eigenvalue weighted by atomic mass is 35.5. The third-order valence-electron chi connectivity index (χ3n) is 3.97. The van der Waals surface area contributed by atoms with Crippen molar-refractivity contribution in [3.8, 4) is 0 Å². The lowest BCUT2D eigenvalue weighted by molar-refractivity contribution is -0.126. The summed E-state index contributed by atoms with van der Waals surface area (Å²) in [5, 5.41) is 3.04. The van der Waals surface area contributed by atoms with Gasteiger partial charge in [0.2, 0.25) is 11.9 Å². The average molecular weight is 294 g/mol. The van der Waals surface area contributed by atoms with Crippen LogP contribution in [0.4, 0.5) is 5.95 Å². The molecule has 0 atom stereocenters. The summed E-state index contributed by atoms with van der Waals surface area (Å²) in [6.07, 6.45) is 6.67. The van der Waals surface area contributed by atoms with Gasteiger partial charge < -0.3 is 4.98 Å². The van der Waals surface area contributed by atoms with Crippen LogP contribution in [0.15, 0.2) is 6.33 Å². The molecule has 0 unspecified atom stereocenters. The zero-order valence-electron chi connectivity index (χ0n) is 11.2. The molecule has 0 bridgehead atoms. The molecule has 2 heterocycles. The van der Waals surface area contributed by atoms with Crippen molar-refractivity contribution in [2.24, 2.45) is 5.41 Å². The summed E-state index contributed by atoms with van der Waals surface area (Å²) >= 11 is 6.03. The minimum Gasteiger partial charge on any atom is -0.341 e. The molecule has 0 radical (unpaired) electrons. The number of hydrogen-bond donors (Lipinski definition) is 2. The van der Waals surface area contributed by atoms with Crippen LogP contribution in [-0.2, 0) is 4.79 Å². The molecule has 2 aromatic heterocycles. The molecule has 0 aromatic carbocycles. The molecule has 0 saturated heterocycles. The van der Waals surface area contributed by atoms with E-state index in [2.05, 4.69) is 25.3 Å². The Kier molecular flexibility index (Phi) is 3.33. The van der Waals surface area contributed by atoms with Crippen LogP contribution in [-0.4, -0.2) is 25.8 Å². The van der Waals surface area contributed by atoms with Crippen LogP contribution < -0.4 is 5.32 Å². The summed E-state index contributed by atoms with van der Waals surface area (Å²) < 4.78 is 0. The molecule has 1 fully saturated rings. The van der Waals surface area contributed by atoms with Crippen molar-refractivity contribution in [1.29, 1.82) is 0 Å². The zero-order chi connectivity index (χ0) is 14.2. The smallest absolute Gasteiger partial charge is 0.233 e. The lowest BCUT2D eigenvalue weighted by Crippen LogP contribution is -2.35. The Bertz CT molecular complexity index is 647. The van der Waals surface area contributed by atoms with Crippen molar-refractivity contribution >= 4 is 34.6 Å². The van der Waals surface area contributed by atoms with Gasteiger partial charge in [0, 0.05) is 5.41 Å². The number of aromatic amines is 1. The Morgan fingerprint density at radius 1 is 1.35 bits per heavy atom. The second kappa shape index (κ2) is 5.01. The summed E-state index contributed by atoms with van der Waals surface area (Å²) in [7, 11) is 0. The number of carbonyl (C=O) groups is 1. The molecule has 1 saturated carbocycles. The van der Waals surface area contributed by atoms with Gasteiger partial charge >= 0.3 is 0 Å². The molecular weight excluding hydrogens is 278 g/mol. The fourth-order valence-electron chi connectivity index (χ4n) is 2.67. The van der Waals surface area contributed by atoms with E-state index in [0.717, 1.165) is 25.7 Å². The number of aromatic nitrogens is 4. The highest BCUT2D eigenvalue weighted by Crippen LogP contribution is 2.36. The van der Waals surface area contributed by atoms with Crippen molar-refractivity contribution in [3.05, 3.63) is 11.5 Å². The fourth-order valence-corrected chi connectivity index (χ4v) is 2.88. The van der Waals surface area contributed by atoms with E-state index >= 15 is 0 Å². The Labute approximate surface area is 121 Å². The van der Waals surface area contributed by atoms with Crippen LogP contribution in [0.5, 0.6) is 0 Å². The molecule has 20 heavy (non-hydrogen) atoms. The van der Waals surface area contributed by atoms with E-state index in [-0.39, 0.29) is 22.4 Å². The molecule has 2 N–H and O–H groups in total. The van der Waals surface area contributed by atoms with Crippen molar-refractivity contribution in [2.45, 2.75) is 39.0 Å². The lowest BCUT2D eigenvalue weighted by Gasteiger charge is -2.31. The Balaban J connectivity index is 1.83. The van der Waals surface area contributed by atoms with Crippen LogP contribution >= 0.6 is 11.6 Å². The largest absolute Gasteiger partial charge is 0.341 e. The van der Waals surface area contributed by atoms with E-state index < -0.39 is 0 Å². The van der Waals surface area contributed by atoms with E-state index in [1.54, 1.807) is 0 Å². The maximum absolute atomic E-state index is 12.4. The summed E-state index contributed by atoms with van der Waals surface area (Å²) in [5.41, 5.74) is 0.692. The second-order valence-corrected chi connectivity index (χ2v) is 5.87. The van der Waals surface area contributed by atoms with Gasteiger partial charge in [0.1, 0.15) is 5.52 Å². The van der Waals surface area contributed by atoms with E-state index in [1.807, 2.05) is 6.92 Å². The maximum Gasteiger partial charge on any atom is 0.233 e. The standard InChI is InChI=1S/C13H16ClN5O/c1-13(5-3-2-4-6-13)11(20)19-12-17-9(14)8-10(18-12)16-7-15-8/h7H,2-6H2,1H3,(H2,15,16,17,18,19,20). The SMILES string of the molecule is CC1(C(=O)Nc2nc(Cl)c3[nH]cnc3n2)CCCCC1. The summed E-state index contributed by atoms with van der Waals surface area (Å²) in [4.78, 5) is 27.6. The van der Waals surface area contributed by atoms with E-state index in [9.17, 15) is 4.79 Å². The first-order valence-electron chi connectivity index (χ1n) is 6.77. The normalized spacial score (nSPS) is 18.1. The molecule has 1 aliphatic rings. The van der Waals surface area contributed by atoms with Crippen LogP contribution in [0.1, 0.15) is 39.0 Å². The second-order valence-electron chi connectivity index (χ2n) is 5.51. The molecule has 106 valence electrons. The minimum absolute atomic E-state index is 0.0387. The van der Waals surface area contributed by atoms with Gasteiger partial charge in [-0.05, 0) is 12.8 Å². The molecule has 1 amide bonds. The predicted molar refractivity (Wildman–Crippen MR) is 76.5 cm³/mol. The quantitative estimate of drug-likeness (QED) is 0.834. The van der Waals surface area contributed by atoms with Crippen molar-refractivity contribution in [1.82, 2.24) is 19.9 Å². The van der Waals surface area contributed by atoms with Gasteiger partial charge in [-0.15, -0.1) is 0 Å². The van der Waals surface area contributed by atoms with Crippen LogP contribution in [0.3, 0.4) is 0 Å². The number of rotatable bonds is 2. The van der Waals surface area contributed by atoms with Crippen molar-refractivity contribution < 1.29 is 4.79 Å². The molecule has 2 aromatic rings. The Morgan fingerprint density at radius 3 is 2.85 bits per heavy atom. The topological polar surface area (TPSA) is 83.6 Å². The van der Waals surface area contributed by atoms with Crippen molar-refractivity contribution in [2.75, 3.05) is 5.32 Å². The Morgan fingerprint density at radius 2 is 2.10 bits per heavy atom. The molecular formula is C13H16ClN5O. The summed E-state index contributed by atoms with van der Waals surface area (Å²) in [6, 6.07) is 0. The fraction of sp³-hybridized carbons (Fsp3) is 0.538. The third kappa shape index (κ3) is 2.35. The number of anilines is 1. The number of amides is 1. The number of H-pyrrole nitrogens is 1. The van der Waals surface area contributed by atoms with E-state index in [0.29, 0.717) is 11.2 Å². The summed E-state index contributed by atoms with van der Waals surface area (Å²) in [6.45, 7) is 2.00. The van der Waals surface area contributed by atoms with Gasteiger partial charge in [-0.1, -0.05) is 37.8 Å².